The summed E-state index contributed by atoms with van der Waals surface area (Å²) in [6.07, 6.45) is 0. The first-order valence-electron chi connectivity index (χ1n) is 4.17. The molecule has 0 saturated heterocycles. The van der Waals surface area contributed by atoms with Crippen molar-refractivity contribution in [2.75, 3.05) is 7.11 Å². The van der Waals surface area contributed by atoms with Crippen molar-refractivity contribution < 1.29 is 9.13 Å². The Bertz CT molecular complexity index is 230. The van der Waals surface area contributed by atoms with Crippen molar-refractivity contribution in [3.05, 3.63) is 34.1 Å². The first-order valence-corrected chi connectivity index (χ1v) is 4.97. The minimum atomic E-state index is -0.235. The summed E-state index contributed by atoms with van der Waals surface area (Å²) in [4.78, 5) is 0. The van der Waals surface area contributed by atoms with Gasteiger partial charge in [0.05, 0.1) is 6.61 Å². The number of hydrogen-bond acceptors (Lipinski definition) is 1. The van der Waals surface area contributed by atoms with E-state index in [1.54, 1.807) is 19.2 Å². The maximum absolute atomic E-state index is 12.9. The molecule has 1 aromatic carbocycles. The molecule has 0 saturated carbocycles. The van der Waals surface area contributed by atoms with E-state index in [0.717, 1.165) is 4.47 Å². The standard InChI is InChI=1S/C8H8BrFO.C2H6/c1-11-5-6-7(9)3-2-4-8(6)10;1-2/h2-4H,5H2,1H3;1-2H3. The van der Waals surface area contributed by atoms with Crippen LogP contribution in [0.4, 0.5) is 4.39 Å². The molecule has 3 heteroatoms. The molecule has 0 aliphatic carbocycles. The number of halogens is 2. The van der Waals surface area contributed by atoms with Crippen LogP contribution in [0.3, 0.4) is 0 Å². The lowest BCUT2D eigenvalue weighted by Gasteiger charge is -2.03. The zero-order valence-corrected chi connectivity index (χ0v) is 9.69. The lowest BCUT2D eigenvalue weighted by atomic mass is 10.2. The van der Waals surface area contributed by atoms with Crippen LogP contribution in [0.25, 0.3) is 0 Å². The van der Waals surface area contributed by atoms with E-state index >= 15 is 0 Å². The second-order valence-corrected chi connectivity index (χ2v) is 2.99. The molecule has 13 heavy (non-hydrogen) atoms. The largest absolute Gasteiger partial charge is 0.380 e. The molecule has 1 nitrogen and oxygen atoms in total. The molecule has 0 aliphatic rings. The van der Waals surface area contributed by atoms with E-state index in [-0.39, 0.29) is 5.82 Å². The van der Waals surface area contributed by atoms with Crippen LogP contribution < -0.4 is 0 Å². The van der Waals surface area contributed by atoms with Crippen molar-refractivity contribution in [1.82, 2.24) is 0 Å². The van der Waals surface area contributed by atoms with Gasteiger partial charge in [0.2, 0.25) is 0 Å². The first-order chi connectivity index (χ1) is 6.25. The van der Waals surface area contributed by atoms with Gasteiger partial charge in [0.15, 0.2) is 0 Å². The third kappa shape index (κ3) is 3.87. The summed E-state index contributed by atoms with van der Waals surface area (Å²) in [5.74, 6) is -0.235. The molecule has 0 radical (unpaired) electrons. The van der Waals surface area contributed by atoms with Crippen LogP contribution in [-0.2, 0) is 11.3 Å². The van der Waals surface area contributed by atoms with Crippen LogP contribution >= 0.6 is 15.9 Å². The molecule has 74 valence electrons. The average Bonchev–Trinajstić information content (AvgIpc) is 2.15. The Morgan fingerprint density at radius 3 is 2.46 bits per heavy atom. The summed E-state index contributed by atoms with van der Waals surface area (Å²) in [7, 11) is 1.54. The van der Waals surface area contributed by atoms with E-state index < -0.39 is 0 Å². The van der Waals surface area contributed by atoms with Crippen molar-refractivity contribution in [2.24, 2.45) is 0 Å². The van der Waals surface area contributed by atoms with Crippen molar-refractivity contribution in [3.63, 3.8) is 0 Å². The Morgan fingerprint density at radius 1 is 1.38 bits per heavy atom. The van der Waals surface area contributed by atoms with E-state index in [0.29, 0.717) is 12.2 Å². The van der Waals surface area contributed by atoms with Crippen molar-refractivity contribution in [3.8, 4) is 0 Å². The number of rotatable bonds is 2. The SMILES string of the molecule is CC.COCc1c(F)cccc1Br. The fraction of sp³-hybridized carbons (Fsp3) is 0.400. The van der Waals surface area contributed by atoms with Crippen LogP contribution in [0.5, 0.6) is 0 Å². The zero-order valence-electron chi connectivity index (χ0n) is 8.10. The molecule has 0 aliphatic heterocycles. The molecular formula is C10H14BrFO. The highest BCUT2D eigenvalue weighted by molar-refractivity contribution is 9.10. The third-order valence-corrected chi connectivity index (χ3v) is 2.09. The van der Waals surface area contributed by atoms with Gasteiger partial charge in [-0.15, -0.1) is 0 Å². The Labute approximate surface area is 87.0 Å². The Morgan fingerprint density at radius 2 is 2.00 bits per heavy atom. The molecule has 0 unspecified atom stereocenters. The molecule has 0 heterocycles. The summed E-state index contributed by atoms with van der Waals surface area (Å²) in [5, 5.41) is 0. The topological polar surface area (TPSA) is 9.23 Å². The highest BCUT2D eigenvalue weighted by atomic mass is 79.9. The van der Waals surface area contributed by atoms with E-state index in [4.69, 9.17) is 4.74 Å². The normalized spacial score (nSPS) is 9.00. The molecular weight excluding hydrogens is 235 g/mol. The molecule has 0 atom stereocenters. The van der Waals surface area contributed by atoms with E-state index in [1.807, 2.05) is 13.8 Å². The minimum absolute atomic E-state index is 0.235. The van der Waals surface area contributed by atoms with Gasteiger partial charge in [0.1, 0.15) is 5.82 Å². The lowest BCUT2D eigenvalue weighted by Crippen LogP contribution is -1.93. The molecule has 1 rings (SSSR count). The second-order valence-electron chi connectivity index (χ2n) is 2.13. The summed E-state index contributed by atoms with van der Waals surface area (Å²) in [6.45, 7) is 4.30. The van der Waals surface area contributed by atoms with Crippen molar-refractivity contribution >= 4 is 15.9 Å². The summed E-state index contributed by atoms with van der Waals surface area (Å²) in [6, 6.07) is 4.86. The van der Waals surface area contributed by atoms with Gasteiger partial charge in [0.25, 0.3) is 0 Å². The summed E-state index contributed by atoms with van der Waals surface area (Å²) >= 11 is 3.23. The fourth-order valence-corrected chi connectivity index (χ4v) is 1.27. The predicted molar refractivity (Wildman–Crippen MR) is 56.2 cm³/mol. The van der Waals surface area contributed by atoms with Gasteiger partial charge in [-0.25, -0.2) is 4.39 Å². The molecule has 0 bridgehead atoms. The summed E-state index contributed by atoms with van der Waals surface area (Å²) < 4.78 is 18.5. The van der Waals surface area contributed by atoms with Crippen LogP contribution in [0.15, 0.2) is 22.7 Å². The quantitative estimate of drug-likeness (QED) is 0.775. The number of hydrogen-bond donors (Lipinski definition) is 0. The monoisotopic (exact) mass is 248 g/mol. The number of methoxy groups -OCH3 is 1. The summed E-state index contributed by atoms with van der Waals surface area (Å²) in [5.41, 5.74) is 0.565. The third-order valence-electron chi connectivity index (χ3n) is 1.35. The Hall–Kier alpha value is -0.410. The van der Waals surface area contributed by atoms with Gasteiger partial charge < -0.3 is 4.74 Å². The lowest BCUT2D eigenvalue weighted by molar-refractivity contribution is 0.181. The predicted octanol–water partition coefficient (Wildman–Crippen LogP) is 3.76. The zero-order chi connectivity index (χ0) is 10.3. The molecule has 0 N–H and O–H groups in total. The first kappa shape index (κ1) is 12.6. The van der Waals surface area contributed by atoms with Gasteiger partial charge in [0, 0.05) is 17.1 Å². The molecule has 0 spiro atoms. The van der Waals surface area contributed by atoms with Crippen LogP contribution in [0, 0.1) is 5.82 Å². The van der Waals surface area contributed by atoms with Crippen LogP contribution in [-0.4, -0.2) is 7.11 Å². The Balaban J connectivity index is 0.000000671. The van der Waals surface area contributed by atoms with Gasteiger partial charge in [-0.3, -0.25) is 0 Å². The number of benzene rings is 1. The average molecular weight is 249 g/mol. The Kier molecular flexibility index (Phi) is 6.82. The van der Waals surface area contributed by atoms with Gasteiger partial charge >= 0.3 is 0 Å². The highest BCUT2D eigenvalue weighted by Gasteiger charge is 2.04. The second kappa shape index (κ2) is 7.04. The van der Waals surface area contributed by atoms with Gasteiger partial charge in [-0.05, 0) is 12.1 Å². The van der Waals surface area contributed by atoms with Crippen LogP contribution in [0.2, 0.25) is 0 Å². The maximum Gasteiger partial charge on any atom is 0.129 e. The molecule has 0 aromatic heterocycles. The molecule has 0 amide bonds. The highest BCUT2D eigenvalue weighted by Crippen LogP contribution is 2.19. The van der Waals surface area contributed by atoms with Crippen molar-refractivity contribution in [1.29, 1.82) is 0 Å². The minimum Gasteiger partial charge on any atom is -0.380 e. The van der Waals surface area contributed by atoms with E-state index in [1.165, 1.54) is 6.07 Å². The van der Waals surface area contributed by atoms with E-state index in [9.17, 15) is 4.39 Å². The van der Waals surface area contributed by atoms with Gasteiger partial charge in [-0.1, -0.05) is 35.8 Å². The smallest absolute Gasteiger partial charge is 0.129 e. The fourth-order valence-electron chi connectivity index (χ4n) is 0.815. The van der Waals surface area contributed by atoms with Crippen LogP contribution in [0.1, 0.15) is 19.4 Å². The van der Waals surface area contributed by atoms with Gasteiger partial charge in [-0.2, -0.15) is 0 Å². The maximum atomic E-state index is 12.9. The molecule has 0 fully saturated rings. The van der Waals surface area contributed by atoms with Crippen molar-refractivity contribution in [2.45, 2.75) is 20.5 Å². The van der Waals surface area contributed by atoms with E-state index in [2.05, 4.69) is 15.9 Å². The number of ether oxygens (including phenoxy) is 1. The molecule has 1 aromatic rings.